The number of rotatable bonds is 4. The molecule has 2 aliphatic rings. The van der Waals surface area contributed by atoms with Crippen LogP contribution in [0.1, 0.15) is 57.9 Å². The van der Waals surface area contributed by atoms with Crippen molar-refractivity contribution in [3.8, 4) is 5.75 Å². The quantitative estimate of drug-likeness (QED) is 0.567. The molecule has 1 aromatic carbocycles. The van der Waals surface area contributed by atoms with Gasteiger partial charge in [0, 0.05) is 12.6 Å². The molecule has 0 spiro atoms. The molecule has 2 aliphatic carbocycles. The van der Waals surface area contributed by atoms with Crippen LogP contribution in [0.4, 0.5) is 4.39 Å². The molecule has 3 rings (SSSR count). The average molecular weight is 362 g/mol. The molecule has 4 unspecified atom stereocenters. The van der Waals surface area contributed by atoms with Gasteiger partial charge in [0.1, 0.15) is 11.6 Å². The van der Waals surface area contributed by atoms with Gasteiger partial charge < -0.3 is 9.64 Å². The monoisotopic (exact) mass is 361 g/mol. The van der Waals surface area contributed by atoms with E-state index in [-0.39, 0.29) is 11.8 Å². The van der Waals surface area contributed by atoms with E-state index in [4.69, 9.17) is 4.74 Å². The molecule has 144 valence electrons. The number of esters is 1. The average Bonchev–Trinajstić information content (AvgIpc) is 2.91. The molecule has 0 radical (unpaired) electrons. The number of carbonyl (C=O) groups excluding carboxylic acids is 1. The van der Waals surface area contributed by atoms with Crippen LogP contribution in [0.2, 0.25) is 0 Å². The van der Waals surface area contributed by atoms with E-state index in [0.29, 0.717) is 17.6 Å². The lowest BCUT2D eigenvalue weighted by atomic mass is 9.69. The highest BCUT2D eigenvalue weighted by Gasteiger charge is 2.42. The second-order valence-electron chi connectivity index (χ2n) is 9.57. The molecule has 3 nitrogen and oxygen atoms in total. The van der Waals surface area contributed by atoms with Gasteiger partial charge in [-0.05, 0) is 95.5 Å². The Bertz CT molecular complexity index is 665. The van der Waals surface area contributed by atoms with Crippen LogP contribution in [-0.4, -0.2) is 31.5 Å². The second kappa shape index (κ2) is 7.30. The van der Waals surface area contributed by atoms with Gasteiger partial charge in [-0.1, -0.05) is 6.42 Å². The fraction of sp³-hybridized carbons (Fsp3) is 0.682. The Balaban J connectivity index is 1.88. The highest BCUT2D eigenvalue weighted by atomic mass is 19.1. The van der Waals surface area contributed by atoms with Crippen LogP contribution >= 0.6 is 0 Å². The van der Waals surface area contributed by atoms with Crippen LogP contribution in [0, 0.1) is 29.0 Å². The molecule has 0 aliphatic heterocycles. The number of ether oxygens (including phenoxy) is 1. The lowest BCUT2D eigenvalue weighted by Crippen LogP contribution is -2.34. The minimum atomic E-state index is -0.607. The van der Waals surface area contributed by atoms with E-state index in [1.807, 2.05) is 26.8 Å². The topological polar surface area (TPSA) is 29.5 Å². The summed E-state index contributed by atoms with van der Waals surface area (Å²) in [5, 5.41) is 0. The maximum atomic E-state index is 14.3. The van der Waals surface area contributed by atoms with Crippen LogP contribution < -0.4 is 4.74 Å². The van der Waals surface area contributed by atoms with E-state index in [1.165, 1.54) is 25.3 Å². The van der Waals surface area contributed by atoms with E-state index in [1.54, 1.807) is 6.07 Å². The summed E-state index contributed by atoms with van der Waals surface area (Å²) in [6.45, 7) is 6.44. The third-order valence-electron chi connectivity index (χ3n) is 6.01. The van der Waals surface area contributed by atoms with E-state index in [0.717, 1.165) is 30.4 Å². The van der Waals surface area contributed by atoms with Gasteiger partial charge in [-0.25, -0.2) is 4.39 Å². The maximum Gasteiger partial charge on any atom is 0.316 e. The van der Waals surface area contributed by atoms with Gasteiger partial charge in [0.25, 0.3) is 0 Å². The maximum absolute atomic E-state index is 14.3. The molecule has 2 bridgehead atoms. The molecule has 0 N–H and O–H groups in total. The SMILES string of the molecule is CN(C)CC1C2CCC(C2)CC1c1cc(F)cc(OC(=O)C(C)(C)C)c1. The molecular formula is C22H32FNO2. The smallest absolute Gasteiger partial charge is 0.316 e. The van der Waals surface area contributed by atoms with Crippen molar-refractivity contribution in [1.82, 2.24) is 4.90 Å². The fourth-order valence-corrected chi connectivity index (χ4v) is 4.78. The zero-order valence-corrected chi connectivity index (χ0v) is 16.7. The molecule has 4 atom stereocenters. The van der Waals surface area contributed by atoms with Gasteiger partial charge in [-0.2, -0.15) is 0 Å². The Morgan fingerprint density at radius 3 is 2.58 bits per heavy atom. The lowest BCUT2D eigenvalue weighted by Gasteiger charge is -2.38. The molecule has 4 heteroatoms. The van der Waals surface area contributed by atoms with E-state index >= 15 is 0 Å². The summed E-state index contributed by atoms with van der Waals surface area (Å²) in [5.41, 5.74) is 0.384. The number of halogens is 1. The van der Waals surface area contributed by atoms with Gasteiger partial charge in [0.05, 0.1) is 5.41 Å². The van der Waals surface area contributed by atoms with Crippen LogP contribution in [0.5, 0.6) is 5.75 Å². The Hall–Kier alpha value is -1.42. The first kappa shape index (κ1) is 19.3. The Morgan fingerprint density at radius 1 is 1.19 bits per heavy atom. The predicted octanol–water partition coefficient (Wildman–Crippen LogP) is 4.86. The molecule has 0 aromatic heterocycles. The highest BCUT2D eigenvalue weighted by molar-refractivity contribution is 5.77. The predicted molar refractivity (Wildman–Crippen MR) is 102 cm³/mol. The summed E-state index contributed by atoms with van der Waals surface area (Å²) in [6, 6.07) is 4.86. The minimum absolute atomic E-state index is 0.319. The van der Waals surface area contributed by atoms with Crippen molar-refractivity contribution >= 4 is 5.97 Å². The van der Waals surface area contributed by atoms with Crippen molar-refractivity contribution in [2.45, 2.75) is 52.4 Å². The molecular weight excluding hydrogens is 329 g/mol. The summed E-state index contributed by atoms with van der Waals surface area (Å²) in [5.74, 6) is 2.05. The summed E-state index contributed by atoms with van der Waals surface area (Å²) in [4.78, 5) is 14.5. The van der Waals surface area contributed by atoms with Crippen molar-refractivity contribution < 1.29 is 13.9 Å². The zero-order valence-electron chi connectivity index (χ0n) is 16.7. The fourth-order valence-electron chi connectivity index (χ4n) is 4.78. The van der Waals surface area contributed by atoms with Gasteiger partial charge in [0.2, 0.25) is 0 Å². The Morgan fingerprint density at radius 2 is 1.92 bits per heavy atom. The van der Waals surface area contributed by atoms with Crippen LogP contribution in [0.15, 0.2) is 18.2 Å². The number of benzene rings is 1. The number of carbonyl (C=O) groups is 1. The standard InChI is InChI=1S/C22H32FNO2/c1-22(2,3)21(25)26-18-11-16(10-17(23)12-18)19-9-14-6-7-15(8-14)20(19)13-24(4)5/h10-12,14-15,19-20H,6-9,13H2,1-5H3. The van der Waals surface area contributed by atoms with Crippen molar-refractivity contribution in [1.29, 1.82) is 0 Å². The molecule has 0 saturated heterocycles. The van der Waals surface area contributed by atoms with Gasteiger partial charge in [-0.15, -0.1) is 0 Å². The summed E-state index contributed by atoms with van der Waals surface area (Å²) in [7, 11) is 4.22. The Kier molecular flexibility index (Phi) is 5.43. The lowest BCUT2D eigenvalue weighted by molar-refractivity contribution is -0.143. The first-order valence-corrected chi connectivity index (χ1v) is 9.81. The normalized spacial score (nSPS) is 28.4. The molecule has 26 heavy (non-hydrogen) atoms. The van der Waals surface area contributed by atoms with Crippen molar-refractivity contribution in [3.63, 3.8) is 0 Å². The first-order valence-electron chi connectivity index (χ1n) is 9.81. The van der Waals surface area contributed by atoms with Crippen LogP contribution in [-0.2, 0) is 4.79 Å². The number of fused-ring (bicyclic) bond motifs is 2. The van der Waals surface area contributed by atoms with E-state index < -0.39 is 5.41 Å². The molecule has 2 fully saturated rings. The summed E-state index contributed by atoms with van der Waals surface area (Å²) >= 11 is 0. The van der Waals surface area contributed by atoms with E-state index in [9.17, 15) is 9.18 Å². The van der Waals surface area contributed by atoms with Gasteiger partial charge >= 0.3 is 5.97 Å². The molecule has 0 heterocycles. The number of hydrogen-bond acceptors (Lipinski definition) is 3. The van der Waals surface area contributed by atoms with Gasteiger partial charge in [-0.3, -0.25) is 4.79 Å². The summed E-state index contributed by atoms with van der Waals surface area (Å²) < 4.78 is 19.8. The van der Waals surface area contributed by atoms with Crippen LogP contribution in [0.3, 0.4) is 0 Å². The van der Waals surface area contributed by atoms with E-state index in [2.05, 4.69) is 19.0 Å². The summed E-state index contributed by atoms with van der Waals surface area (Å²) in [6.07, 6.45) is 5.02. The zero-order chi connectivity index (χ0) is 19.1. The molecule has 2 saturated carbocycles. The third kappa shape index (κ3) is 4.28. The first-order chi connectivity index (χ1) is 12.1. The van der Waals surface area contributed by atoms with Gasteiger partial charge in [0.15, 0.2) is 0 Å². The largest absolute Gasteiger partial charge is 0.426 e. The molecule has 0 amide bonds. The van der Waals surface area contributed by atoms with Crippen molar-refractivity contribution in [2.75, 3.05) is 20.6 Å². The third-order valence-corrected chi connectivity index (χ3v) is 6.01. The highest BCUT2D eigenvalue weighted by Crippen LogP contribution is 2.52. The molecule has 1 aromatic rings. The van der Waals surface area contributed by atoms with Crippen molar-refractivity contribution in [3.05, 3.63) is 29.6 Å². The number of nitrogens with zero attached hydrogens (tertiary/aromatic N) is 1. The Labute approximate surface area is 156 Å². The number of hydrogen-bond donors (Lipinski definition) is 0. The second-order valence-corrected chi connectivity index (χ2v) is 9.57. The van der Waals surface area contributed by atoms with Crippen LogP contribution in [0.25, 0.3) is 0 Å². The van der Waals surface area contributed by atoms with Crippen molar-refractivity contribution in [2.24, 2.45) is 23.2 Å². The minimum Gasteiger partial charge on any atom is -0.426 e.